The van der Waals surface area contributed by atoms with Crippen LogP contribution >= 0.6 is 11.8 Å². The van der Waals surface area contributed by atoms with E-state index in [4.69, 9.17) is 0 Å². The molecule has 182 valence electrons. The summed E-state index contributed by atoms with van der Waals surface area (Å²) in [4.78, 5) is 3.60. The van der Waals surface area contributed by atoms with Crippen LogP contribution < -0.4 is 14.8 Å². The summed E-state index contributed by atoms with van der Waals surface area (Å²) in [5.41, 5.74) is 10.0. The molecule has 0 fully saturated rings. The molecule has 4 aromatic carbocycles. The summed E-state index contributed by atoms with van der Waals surface area (Å²) in [6, 6.07) is 34.8. The highest BCUT2D eigenvalue weighted by atomic mass is 32.2. The Morgan fingerprint density at radius 3 is 2.30 bits per heavy atom. The summed E-state index contributed by atoms with van der Waals surface area (Å²) in [5, 5.41) is 5.87. The molecule has 1 N–H and O–H groups in total. The average Bonchev–Trinajstić information content (AvgIpc) is 3.23. The zero-order chi connectivity index (χ0) is 25.5. The second-order valence-corrected chi connectivity index (χ2v) is 10.6. The minimum atomic E-state index is 1.05. The van der Waals surface area contributed by atoms with Crippen molar-refractivity contribution >= 4 is 40.2 Å². The van der Waals surface area contributed by atoms with Gasteiger partial charge in [-0.1, -0.05) is 72.4 Å². The number of anilines is 2. The molecule has 4 heteroatoms. The number of aryl methyl sites for hydroxylation is 2. The molecule has 1 aromatic heterocycles. The highest BCUT2D eigenvalue weighted by molar-refractivity contribution is 8.03. The summed E-state index contributed by atoms with van der Waals surface area (Å²) in [7, 11) is 4.15. The van der Waals surface area contributed by atoms with Gasteiger partial charge in [0.15, 0.2) is 0 Å². The Balaban J connectivity index is 1.45. The zero-order valence-corrected chi connectivity index (χ0v) is 22.4. The highest BCUT2D eigenvalue weighted by Crippen LogP contribution is 2.48. The smallest absolute Gasteiger partial charge is 0.280 e. The normalized spacial score (nSPS) is 13.8. The van der Waals surface area contributed by atoms with E-state index in [9.17, 15) is 0 Å². The highest BCUT2D eigenvalue weighted by Gasteiger charge is 2.24. The van der Waals surface area contributed by atoms with Crippen molar-refractivity contribution in [2.24, 2.45) is 0 Å². The van der Waals surface area contributed by atoms with E-state index in [1.54, 1.807) is 0 Å². The van der Waals surface area contributed by atoms with Gasteiger partial charge in [-0.05, 0) is 78.1 Å². The van der Waals surface area contributed by atoms with Gasteiger partial charge in [0.25, 0.3) is 5.82 Å². The molecule has 1 aliphatic rings. The van der Waals surface area contributed by atoms with Gasteiger partial charge in [-0.15, -0.1) is 0 Å². The van der Waals surface area contributed by atoms with Gasteiger partial charge in [0, 0.05) is 23.4 Å². The van der Waals surface area contributed by atoms with Crippen LogP contribution in [0.2, 0.25) is 0 Å². The van der Waals surface area contributed by atoms with Gasteiger partial charge >= 0.3 is 0 Å². The Kier molecular flexibility index (Phi) is 5.97. The van der Waals surface area contributed by atoms with Gasteiger partial charge in [-0.25, -0.2) is 0 Å². The summed E-state index contributed by atoms with van der Waals surface area (Å²) in [5.74, 6) is 1.05. The number of rotatable bonds is 4. The molecule has 2 heterocycles. The van der Waals surface area contributed by atoms with Crippen LogP contribution in [0.15, 0.2) is 107 Å². The van der Waals surface area contributed by atoms with E-state index in [-0.39, 0.29) is 0 Å². The molecule has 0 unspecified atom stereocenters. The number of pyridine rings is 1. The predicted molar refractivity (Wildman–Crippen MR) is 159 cm³/mol. The van der Waals surface area contributed by atoms with Crippen LogP contribution in [0.1, 0.15) is 16.7 Å². The number of fused-ring (bicyclic) bond motifs is 2. The second-order valence-electron chi connectivity index (χ2n) is 9.52. The predicted octanol–water partition coefficient (Wildman–Crippen LogP) is 7.98. The third-order valence-corrected chi connectivity index (χ3v) is 8.32. The largest absolute Gasteiger partial charge is 0.338 e. The van der Waals surface area contributed by atoms with Crippen LogP contribution in [0.25, 0.3) is 33.8 Å². The number of nitrogens with one attached hydrogen (secondary N) is 1. The van der Waals surface area contributed by atoms with Gasteiger partial charge in [0.05, 0.1) is 17.8 Å². The Morgan fingerprint density at radius 1 is 0.811 bits per heavy atom. The summed E-state index contributed by atoms with van der Waals surface area (Å²) in [6.07, 6.45) is 2.32. The SMILES string of the molecule is CNc1cc(C=C2Sc3cc(-c4c(C)cccc4C)ccc3N2C)c2ccccc2[n+]1-c1ccccc1. The minimum Gasteiger partial charge on any atom is -0.338 e. The van der Waals surface area contributed by atoms with E-state index in [1.165, 1.54) is 54.3 Å². The standard InChI is InChI=1S/C33H29N3S/c1-22-11-10-12-23(2)33(22)24-17-18-29-30(19-24)37-32(35(29)4)21-25-20-31(34-3)36(26-13-6-5-7-14-26)28-16-9-8-15-27(25)28/h5-21H,1-4H3/p+1. The number of benzene rings is 4. The minimum absolute atomic E-state index is 1.05. The molecule has 0 atom stereocenters. The molecule has 1 aliphatic heterocycles. The molecule has 5 aromatic rings. The van der Waals surface area contributed by atoms with Gasteiger partial charge in [-0.2, -0.15) is 4.57 Å². The number of aromatic nitrogens is 1. The van der Waals surface area contributed by atoms with E-state index in [0.29, 0.717) is 0 Å². The van der Waals surface area contributed by atoms with Crippen LogP contribution in [0.5, 0.6) is 0 Å². The first kappa shape index (κ1) is 23.4. The van der Waals surface area contributed by atoms with Gasteiger partial charge in [0.1, 0.15) is 11.2 Å². The Bertz CT molecular complexity index is 1650. The van der Waals surface area contributed by atoms with Crippen molar-refractivity contribution in [2.75, 3.05) is 24.3 Å². The van der Waals surface area contributed by atoms with Crippen molar-refractivity contribution in [3.63, 3.8) is 0 Å². The quantitative estimate of drug-likeness (QED) is 0.252. The number of nitrogens with zero attached hydrogens (tertiary/aromatic N) is 2. The fourth-order valence-electron chi connectivity index (χ4n) is 5.35. The van der Waals surface area contributed by atoms with E-state index in [1.807, 2.05) is 18.8 Å². The van der Waals surface area contributed by atoms with Crippen molar-refractivity contribution in [1.82, 2.24) is 0 Å². The van der Waals surface area contributed by atoms with Crippen molar-refractivity contribution in [1.29, 1.82) is 0 Å². The monoisotopic (exact) mass is 500 g/mol. The fraction of sp³-hybridized carbons (Fsp3) is 0.121. The first-order valence-corrected chi connectivity index (χ1v) is 13.4. The number of hydrogen-bond donors (Lipinski definition) is 1. The number of thioether (sulfide) groups is 1. The Labute approximate surface area is 223 Å². The van der Waals surface area contributed by atoms with Crippen LogP contribution in [0, 0.1) is 13.8 Å². The first-order chi connectivity index (χ1) is 18.0. The molecular formula is C33H30N3S+. The lowest BCUT2D eigenvalue weighted by Crippen LogP contribution is -2.35. The van der Waals surface area contributed by atoms with Crippen molar-refractivity contribution in [3.8, 4) is 16.8 Å². The molecule has 0 amide bonds. The van der Waals surface area contributed by atoms with E-state index >= 15 is 0 Å². The second kappa shape index (κ2) is 9.45. The van der Waals surface area contributed by atoms with Crippen LogP contribution in [0.4, 0.5) is 11.5 Å². The van der Waals surface area contributed by atoms with Crippen molar-refractivity contribution in [2.45, 2.75) is 18.7 Å². The maximum absolute atomic E-state index is 3.43. The summed E-state index contributed by atoms with van der Waals surface area (Å²) < 4.78 is 2.29. The molecule has 37 heavy (non-hydrogen) atoms. The molecule has 0 radical (unpaired) electrons. The average molecular weight is 501 g/mol. The lowest BCUT2D eigenvalue weighted by atomic mass is 9.96. The van der Waals surface area contributed by atoms with Crippen LogP contribution in [0.3, 0.4) is 0 Å². The van der Waals surface area contributed by atoms with Gasteiger partial charge < -0.3 is 4.90 Å². The van der Waals surface area contributed by atoms with Crippen LogP contribution in [-0.2, 0) is 0 Å². The van der Waals surface area contributed by atoms with Crippen molar-refractivity contribution < 1.29 is 4.57 Å². The summed E-state index contributed by atoms with van der Waals surface area (Å²) >= 11 is 1.84. The van der Waals surface area contributed by atoms with E-state index in [0.717, 1.165) is 11.5 Å². The fourth-order valence-corrected chi connectivity index (χ4v) is 6.49. The summed E-state index contributed by atoms with van der Waals surface area (Å²) in [6.45, 7) is 4.39. The molecule has 0 saturated heterocycles. The molecule has 3 nitrogen and oxygen atoms in total. The van der Waals surface area contributed by atoms with E-state index < -0.39 is 0 Å². The molecule has 0 aliphatic carbocycles. The maximum Gasteiger partial charge on any atom is 0.280 e. The molecule has 0 saturated carbocycles. The third-order valence-electron chi connectivity index (χ3n) is 7.17. The Morgan fingerprint density at radius 2 is 1.54 bits per heavy atom. The first-order valence-electron chi connectivity index (χ1n) is 12.6. The van der Waals surface area contributed by atoms with Gasteiger partial charge in [-0.3, -0.25) is 5.32 Å². The van der Waals surface area contributed by atoms with Gasteiger partial charge in [0.2, 0.25) is 0 Å². The molecule has 0 bridgehead atoms. The molecule has 6 rings (SSSR count). The third kappa shape index (κ3) is 4.08. The van der Waals surface area contributed by atoms with Crippen LogP contribution in [-0.4, -0.2) is 14.1 Å². The molecular weight excluding hydrogens is 470 g/mol. The maximum atomic E-state index is 3.43. The number of para-hydroxylation sites is 2. The topological polar surface area (TPSA) is 19.1 Å². The molecule has 0 spiro atoms. The zero-order valence-electron chi connectivity index (χ0n) is 21.6. The lowest BCUT2D eigenvalue weighted by molar-refractivity contribution is -0.551. The lowest BCUT2D eigenvalue weighted by Gasteiger charge is -2.16. The van der Waals surface area contributed by atoms with E-state index in [2.05, 4.69) is 139 Å². The number of hydrogen-bond acceptors (Lipinski definition) is 3. The van der Waals surface area contributed by atoms with Crippen molar-refractivity contribution in [3.05, 3.63) is 119 Å². The Hall–Kier alpha value is -4.02.